The minimum absolute atomic E-state index is 0.252. The first-order valence-corrected chi connectivity index (χ1v) is 15.6. The van der Waals surface area contributed by atoms with Gasteiger partial charge in [0, 0.05) is 50.0 Å². The third-order valence-electron chi connectivity index (χ3n) is 7.69. The minimum atomic E-state index is -0.301. The van der Waals surface area contributed by atoms with E-state index in [1.807, 2.05) is 44.8 Å². The molecule has 0 unspecified atom stereocenters. The van der Waals surface area contributed by atoms with Crippen molar-refractivity contribution < 1.29 is 19.1 Å². The fourth-order valence-electron chi connectivity index (χ4n) is 5.37. The Hall–Kier alpha value is -4.75. The summed E-state index contributed by atoms with van der Waals surface area (Å²) in [5.41, 5.74) is 4.95. The number of nitrogens with one attached hydrogen (secondary N) is 3. The van der Waals surface area contributed by atoms with Crippen LogP contribution in [0.15, 0.2) is 43.1 Å². The third-order valence-corrected chi connectivity index (χ3v) is 7.69. The van der Waals surface area contributed by atoms with Gasteiger partial charge in [-0.3, -0.25) is 19.9 Å². The molecule has 0 radical (unpaired) electrons. The van der Waals surface area contributed by atoms with Gasteiger partial charge in [-0.05, 0) is 64.6 Å². The lowest BCUT2D eigenvalue weighted by Crippen LogP contribution is -2.27. The number of amides is 2. The van der Waals surface area contributed by atoms with E-state index in [0.717, 1.165) is 49.0 Å². The van der Waals surface area contributed by atoms with Crippen molar-refractivity contribution in [2.45, 2.75) is 39.3 Å². The van der Waals surface area contributed by atoms with Crippen LogP contribution in [0.3, 0.4) is 0 Å². The van der Waals surface area contributed by atoms with Crippen LogP contribution < -0.4 is 25.4 Å². The quantitative estimate of drug-likeness (QED) is 0.178. The first-order valence-electron chi connectivity index (χ1n) is 15.6. The molecule has 3 N–H and O–H groups in total. The van der Waals surface area contributed by atoms with Gasteiger partial charge in [-0.1, -0.05) is 12.6 Å². The Morgan fingerprint density at radius 1 is 1.20 bits per heavy atom. The number of carbonyl (C=O) groups excluding carboxylic acids is 2. The second kappa shape index (κ2) is 15.0. The summed E-state index contributed by atoms with van der Waals surface area (Å²) in [4.78, 5) is 37.2. The molecule has 3 aromatic heterocycles. The van der Waals surface area contributed by atoms with E-state index >= 15 is 0 Å². The first-order chi connectivity index (χ1) is 22.2. The Kier molecular flexibility index (Phi) is 10.7. The van der Waals surface area contributed by atoms with Gasteiger partial charge in [0.05, 0.1) is 36.1 Å². The Labute approximate surface area is 269 Å². The Morgan fingerprint density at radius 3 is 2.85 bits per heavy atom. The highest BCUT2D eigenvalue weighted by Crippen LogP contribution is 2.34. The van der Waals surface area contributed by atoms with Crippen LogP contribution in [0.2, 0.25) is 0 Å². The summed E-state index contributed by atoms with van der Waals surface area (Å²) in [6, 6.07) is 7.47. The predicted molar refractivity (Wildman–Crippen MR) is 177 cm³/mol. The van der Waals surface area contributed by atoms with Gasteiger partial charge in [-0.15, -0.1) is 0 Å². The zero-order chi connectivity index (χ0) is 32.6. The summed E-state index contributed by atoms with van der Waals surface area (Å²) in [6.07, 6.45) is 5.50. The number of rotatable bonds is 10. The average molecular weight is 630 g/mol. The Bertz CT molecular complexity index is 1710. The van der Waals surface area contributed by atoms with Gasteiger partial charge < -0.3 is 29.6 Å². The molecule has 5 rings (SSSR count). The number of nitrogens with zero attached hydrogens (tertiary/aromatic N) is 6. The Balaban J connectivity index is 1.53. The number of benzene rings is 1. The van der Waals surface area contributed by atoms with Crippen LogP contribution in [0.1, 0.15) is 40.9 Å². The lowest BCUT2D eigenvalue weighted by Gasteiger charge is -2.17. The lowest BCUT2D eigenvalue weighted by molar-refractivity contribution is -0.116. The second-order valence-corrected chi connectivity index (χ2v) is 11.6. The van der Waals surface area contributed by atoms with Crippen molar-refractivity contribution in [2.75, 3.05) is 52.3 Å². The van der Waals surface area contributed by atoms with Crippen LogP contribution in [0, 0.1) is 6.92 Å². The molecular weight excluding hydrogens is 586 g/mol. The number of hydrogen-bond donors (Lipinski definition) is 3. The lowest BCUT2D eigenvalue weighted by atomic mass is 10.1. The molecule has 244 valence electrons. The fraction of sp³-hybridized carbons (Fsp3) is 0.424. The molecule has 4 aromatic rings. The van der Waals surface area contributed by atoms with Crippen LogP contribution in [-0.4, -0.2) is 88.0 Å². The van der Waals surface area contributed by atoms with Gasteiger partial charge in [-0.2, -0.15) is 5.10 Å². The van der Waals surface area contributed by atoms with Crippen LogP contribution in [0.25, 0.3) is 22.3 Å². The molecule has 1 aromatic carbocycles. The van der Waals surface area contributed by atoms with Crippen molar-refractivity contribution in [2.24, 2.45) is 7.05 Å². The molecular formula is C33H43N9O4. The topological polar surface area (TPSA) is 140 Å². The van der Waals surface area contributed by atoms with Crippen molar-refractivity contribution in [3.05, 3.63) is 59.9 Å². The van der Waals surface area contributed by atoms with Crippen molar-refractivity contribution in [1.29, 1.82) is 0 Å². The molecule has 2 bridgehead atoms. The SMILES string of the molecule is C=CC(=O)NCCOc1c(CNCCN(C)C)ccc2nc3n(c12)CCCCCOc1c(cnn1C)-c1cc(cc(C)n1)C(=O)N3. The molecule has 0 saturated carbocycles. The van der Waals surface area contributed by atoms with Gasteiger partial charge in [0.25, 0.3) is 5.91 Å². The van der Waals surface area contributed by atoms with E-state index in [2.05, 4.69) is 37.5 Å². The molecule has 2 amide bonds. The van der Waals surface area contributed by atoms with Gasteiger partial charge in [0.1, 0.15) is 17.9 Å². The molecule has 0 fully saturated rings. The molecule has 13 heteroatoms. The normalized spacial score (nSPS) is 13.6. The van der Waals surface area contributed by atoms with E-state index in [-0.39, 0.29) is 18.4 Å². The van der Waals surface area contributed by atoms with Crippen molar-refractivity contribution >= 4 is 28.8 Å². The maximum Gasteiger partial charge on any atom is 0.258 e. The number of aromatic nitrogens is 5. The summed E-state index contributed by atoms with van der Waals surface area (Å²) in [6.45, 7) is 9.33. The molecule has 0 spiro atoms. The van der Waals surface area contributed by atoms with E-state index in [4.69, 9.17) is 14.5 Å². The maximum atomic E-state index is 13.8. The zero-order valence-corrected chi connectivity index (χ0v) is 27.1. The van der Waals surface area contributed by atoms with E-state index < -0.39 is 0 Å². The van der Waals surface area contributed by atoms with Crippen LogP contribution in [0.5, 0.6) is 11.6 Å². The average Bonchev–Trinajstić information content (AvgIpc) is 3.57. The van der Waals surface area contributed by atoms with E-state index in [9.17, 15) is 9.59 Å². The number of carbonyl (C=O) groups is 2. The molecule has 1 aliphatic heterocycles. The fourth-order valence-corrected chi connectivity index (χ4v) is 5.37. The molecule has 0 saturated heterocycles. The van der Waals surface area contributed by atoms with Gasteiger partial charge in [0.15, 0.2) is 0 Å². The van der Waals surface area contributed by atoms with Crippen LogP contribution in [-0.2, 0) is 24.9 Å². The predicted octanol–water partition coefficient (Wildman–Crippen LogP) is 3.29. The van der Waals surface area contributed by atoms with Crippen molar-refractivity contribution in [3.63, 3.8) is 0 Å². The van der Waals surface area contributed by atoms with Crippen LogP contribution in [0.4, 0.5) is 5.95 Å². The summed E-state index contributed by atoms with van der Waals surface area (Å²) in [5, 5.41) is 13.7. The highest BCUT2D eigenvalue weighted by atomic mass is 16.5. The molecule has 0 aliphatic carbocycles. The molecule has 4 heterocycles. The monoisotopic (exact) mass is 629 g/mol. The second-order valence-electron chi connectivity index (χ2n) is 11.6. The molecule has 46 heavy (non-hydrogen) atoms. The highest BCUT2D eigenvalue weighted by Gasteiger charge is 2.22. The van der Waals surface area contributed by atoms with Crippen molar-refractivity contribution in [3.8, 4) is 22.9 Å². The number of imidazole rings is 1. The standard InChI is InChI=1S/C33H43N9O4/c1-6-28(43)35-13-17-45-30-23(20-34-12-15-40(3)4)10-11-26-29(30)42-14-8-7-9-16-46-32-25(21-36-41(32)5)27-19-24(18-22(2)37-27)31(44)39-33(42)38-26/h6,10-11,18-19,21,34H,1,7-9,12-17,20H2,2-5H3,(H,35,43)(H,38,39,44). The van der Waals surface area contributed by atoms with E-state index in [0.29, 0.717) is 66.3 Å². The van der Waals surface area contributed by atoms with Crippen LogP contribution >= 0.6 is 0 Å². The maximum absolute atomic E-state index is 13.8. The highest BCUT2D eigenvalue weighted by molar-refractivity contribution is 6.05. The summed E-state index contributed by atoms with van der Waals surface area (Å²) in [7, 11) is 5.91. The largest absolute Gasteiger partial charge is 0.489 e. The number of pyridine rings is 1. The number of ether oxygens (including phenoxy) is 2. The smallest absolute Gasteiger partial charge is 0.258 e. The molecule has 0 atom stereocenters. The Morgan fingerprint density at radius 2 is 2.04 bits per heavy atom. The zero-order valence-electron chi connectivity index (χ0n) is 27.1. The number of anilines is 1. The number of likely N-dealkylation sites (N-methyl/N-ethyl adjacent to an activating group) is 1. The van der Waals surface area contributed by atoms with E-state index in [1.54, 1.807) is 23.0 Å². The number of aryl methyl sites for hydroxylation is 3. The number of hydrogen-bond acceptors (Lipinski definition) is 9. The number of fused-ring (bicyclic) bond motifs is 7. The molecule has 1 aliphatic rings. The molecule has 13 nitrogen and oxygen atoms in total. The first kappa shape index (κ1) is 32.6. The third kappa shape index (κ3) is 7.72. The van der Waals surface area contributed by atoms with Gasteiger partial charge in [-0.25, -0.2) is 9.67 Å². The summed E-state index contributed by atoms with van der Waals surface area (Å²) < 4.78 is 16.3. The van der Waals surface area contributed by atoms with Crippen molar-refractivity contribution in [1.82, 2.24) is 39.8 Å². The van der Waals surface area contributed by atoms with Gasteiger partial charge in [0.2, 0.25) is 17.7 Å². The van der Waals surface area contributed by atoms with E-state index in [1.165, 1.54) is 6.08 Å². The summed E-state index contributed by atoms with van der Waals surface area (Å²) >= 11 is 0. The minimum Gasteiger partial charge on any atom is -0.489 e. The van der Waals surface area contributed by atoms with Gasteiger partial charge >= 0.3 is 0 Å². The summed E-state index contributed by atoms with van der Waals surface area (Å²) in [5.74, 6) is 1.17.